The quantitative estimate of drug-likeness (QED) is 0.466. The Labute approximate surface area is 169 Å². The predicted molar refractivity (Wildman–Crippen MR) is 98.3 cm³/mol. The summed E-state index contributed by atoms with van der Waals surface area (Å²) >= 11 is 5.84. The van der Waals surface area contributed by atoms with Crippen LogP contribution in [0.1, 0.15) is 16.8 Å². The fourth-order valence-electron chi connectivity index (χ4n) is 2.48. The molecule has 2 aromatic carbocycles. The average Bonchev–Trinajstić information content (AvgIpc) is 2.67. The second kappa shape index (κ2) is 9.09. The van der Waals surface area contributed by atoms with Crippen LogP contribution in [0.25, 0.3) is 0 Å². The number of benzene rings is 2. The molecule has 0 saturated heterocycles. The number of hydrogen-bond acceptors (Lipinski definition) is 4. The van der Waals surface area contributed by atoms with E-state index in [2.05, 4.69) is 14.7 Å². The Kier molecular flexibility index (Phi) is 6.53. The van der Waals surface area contributed by atoms with Crippen molar-refractivity contribution >= 4 is 11.6 Å². The zero-order valence-corrected chi connectivity index (χ0v) is 15.7. The molecule has 0 aliphatic carbocycles. The van der Waals surface area contributed by atoms with E-state index in [9.17, 15) is 17.6 Å². The molecule has 0 N–H and O–H groups in total. The second-order valence-corrected chi connectivity index (χ2v) is 6.49. The van der Waals surface area contributed by atoms with Crippen molar-refractivity contribution in [1.29, 1.82) is 0 Å². The fraction of sp³-hybridized carbons (Fsp3) is 0.200. The summed E-state index contributed by atoms with van der Waals surface area (Å²) in [7, 11) is 0. The number of alkyl halides is 3. The smallest absolute Gasteiger partial charge is 0.459 e. The van der Waals surface area contributed by atoms with Gasteiger partial charge in [-0.15, -0.1) is 13.2 Å². The lowest BCUT2D eigenvalue weighted by molar-refractivity contribution is -0.274. The van der Waals surface area contributed by atoms with E-state index in [0.29, 0.717) is 23.4 Å². The molecule has 4 nitrogen and oxygen atoms in total. The van der Waals surface area contributed by atoms with Crippen LogP contribution in [0.3, 0.4) is 0 Å². The Morgan fingerprint density at radius 3 is 2.21 bits per heavy atom. The summed E-state index contributed by atoms with van der Waals surface area (Å²) in [6, 6.07) is 12.4. The highest BCUT2D eigenvalue weighted by Crippen LogP contribution is 2.23. The lowest BCUT2D eigenvalue weighted by Crippen LogP contribution is -2.17. The first-order valence-corrected chi connectivity index (χ1v) is 8.90. The maximum Gasteiger partial charge on any atom is 0.573 e. The molecule has 1 aromatic heterocycles. The molecular weight excluding hydrogens is 412 g/mol. The monoisotopic (exact) mass is 426 g/mol. The highest BCUT2D eigenvalue weighted by molar-refractivity contribution is 6.30. The SMILES string of the molecule is Fc1cnc(OCc2ccc(OC(F)(F)F)cc2)nc1CCc1ccc(Cl)cc1. The van der Waals surface area contributed by atoms with Gasteiger partial charge in [-0.1, -0.05) is 35.9 Å². The number of ether oxygens (including phenoxy) is 2. The van der Waals surface area contributed by atoms with Crippen molar-refractivity contribution in [2.45, 2.75) is 25.8 Å². The zero-order chi connectivity index (χ0) is 20.9. The van der Waals surface area contributed by atoms with Gasteiger partial charge in [0.15, 0.2) is 5.82 Å². The van der Waals surface area contributed by atoms with Gasteiger partial charge >= 0.3 is 12.4 Å². The number of aryl methyl sites for hydroxylation is 2. The van der Waals surface area contributed by atoms with Crippen LogP contribution < -0.4 is 9.47 Å². The minimum atomic E-state index is -4.75. The largest absolute Gasteiger partial charge is 0.573 e. The molecule has 0 atom stereocenters. The molecule has 0 spiro atoms. The lowest BCUT2D eigenvalue weighted by atomic mass is 10.1. The number of aromatic nitrogens is 2. The minimum Gasteiger partial charge on any atom is -0.459 e. The van der Waals surface area contributed by atoms with E-state index in [1.54, 1.807) is 12.1 Å². The Balaban J connectivity index is 1.58. The number of rotatable bonds is 7. The normalized spacial score (nSPS) is 11.3. The van der Waals surface area contributed by atoms with Crippen molar-refractivity contribution < 1.29 is 27.0 Å². The van der Waals surface area contributed by atoms with Crippen LogP contribution in [0, 0.1) is 5.82 Å². The van der Waals surface area contributed by atoms with Crippen LogP contribution in [0.2, 0.25) is 5.02 Å². The summed E-state index contributed by atoms with van der Waals surface area (Å²) in [5.74, 6) is -0.872. The summed E-state index contributed by atoms with van der Waals surface area (Å²) in [5.41, 5.74) is 1.77. The average molecular weight is 427 g/mol. The van der Waals surface area contributed by atoms with E-state index in [-0.39, 0.29) is 24.1 Å². The van der Waals surface area contributed by atoms with Gasteiger partial charge < -0.3 is 9.47 Å². The molecular formula is C20H15ClF4N2O2. The van der Waals surface area contributed by atoms with Gasteiger partial charge in [-0.3, -0.25) is 0 Å². The summed E-state index contributed by atoms with van der Waals surface area (Å²) < 4.78 is 59.7. The molecule has 0 fully saturated rings. The number of hydrogen-bond donors (Lipinski definition) is 0. The highest BCUT2D eigenvalue weighted by atomic mass is 35.5. The molecule has 29 heavy (non-hydrogen) atoms. The molecule has 0 amide bonds. The first-order chi connectivity index (χ1) is 13.8. The molecule has 3 rings (SSSR count). The number of halogens is 5. The molecule has 3 aromatic rings. The molecule has 9 heteroatoms. The maximum absolute atomic E-state index is 14.0. The molecule has 0 unspecified atom stereocenters. The van der Waals surface area contributed by atoms with Crippen molar-refractivity contribution in [3.05, 3.63) is 82.4 Å². The number of nitrogens with zero attached hydrogens (tertiary/aromatic N) is 2. The third-order valence-electron chi connectivity index (χ3n) is 3.88. The zero-order valence-electron chi connectivity index (χ0n) is 14.9. The van der Waals surface area contributed by atoms with E-state index >= 15 is 0 Å². The lowest BCUT2D eigenvalue weighted by Gasteiger charge is -2.10. The Bertz CT molecular complexity index is 948. The van der Waals surface area contributed by atoms with E-state index in [1.165, 1.54) is 24.3 Å². The summed E-state index contributed by atoms with van der Waals surface area (Å²) in [6.45, 7) is 0.00849. The van der Waals surface area contributed by atoms with Gasteiger partial charge in [-0.05, 0) is 48.2 Å². The second-order valence-electron chi connectivity index (χ2n) is 6.05. The van der Waals surface area contributed by atoms with Crippen LogP contribution in [0.4, 0.5) is 17.6 Å². The van der Waals surface area contributed by atoms with Crippen LogP contribution in [-0.4, -0.2) is 16.3 Å². The highest BCUT2D eigenvalue weighted by Gasteiger charge is 2.30. The van der Waals surface area contributed by atoms with Crippen molar-refractivity contribution in [1.82, 2.24) is 9.97 Å². The van der Waals surface area contributed by atoms with E-state index in [0.717, 1.165) is 11.8 Å². The summed E-state index contributed by atoms with van der Waals surface area (Å²) in [6.07, 6.45) is -2.82. The van der Waals surface area contributed by atoms with Gasteiger partial charge in [0.05, 0.1) is 11.9 Å². The van der Waals surface area contributed by atoms with Gasteiger partial charge in [-0.2, -0.15) is 4.98 Å². The maximum atomic E-state index is 14.0. The molecule has 0 aliphatic heterocycles. The van der Waals surface area contributed by atoms with Crippen molar-refractivity contribution in [3.8, 4) is 11.8 Å². The van der Waals surface area contributed by atoms with Gasteiger partial charge in [0, 0.05) is 5.02 Å². The third kappa shape index (κ3) is 6.60. The molecule has 152 valence electrons. The van der Waals surface area contributed by atoms with E-state index < -0.39 is 12.2 Å². The Morgan fingerprint density at radius 2 is 1.55 bits per heavy atom. The topological polar surface area (TPSA) is 44.2 Å². The van der Waals surface area contributed by atoms with Gasteiger partial charge in [0.1, 0.15) is 12.4 Å². The standard InChI is InChI=1S/C20H15ClF4N2O2/c21-15-6-1-13(2-7-15)5-10-18-17(22)11-26-19(27-18)28-12-14-3-8-16(9-4-14)29-20(23,24)25/h1-4,6-9,11H,5,10,12H2. The first kappa shape index (κ1) is 20.9. The van der Waals surface area contributed by atoms with Crippen molar-refractivity contribution in [3.63, 3.8) is 0 Å². The van der Waals surface area contributed by atoms with Crippen molar-refractivity contribution in [2.75, 3.05) is 0 Å². The minimum absolute atomic E-state index is 0.00849. The molecule has 0 saturated carbocycles. The first-order valence-electron chi connectivity index (χ1n) is 8.52. The van der Waals surface area contributed by atoms with Crippen LogP contribution in [0.15, 0.2) is 54.7 Å². The summed E-state index contributed by atoms with van der Waals surface area (Å²) in [5, 5.41) is 0.621. The van der Waals surface area contributed by atoms with Gasteiger partial charge in [0.25, 0.3) is 0 Å². The fourth-order valence-corrected chi connectivity index (χ4v) is 2.60. The van der Waals surface area contributed by atoms with Crippen LogP contribution >= 0.6 is 11.6 Å². The molecule has 0 bridgehead atoms. The van der Waals surface area contributed by atoms with E-state index in [1.807, 2.05) is 12.1 Å². The van der Waals surface area contributed by atoms with Crippen LogP contribution in [-0.2, 0) is 19.4 Å². The molecule has 0 radical (unpaired) electrons. The molecule has 1 heterocycles. The summed E-state index contributed by atoms with van der Waals surface area (Å²) in [4.78, 5) is 7.87. The third-order valence-corrected chi connectivity index (χ3v) is 4.14. The van der Waals surface area contributed by atoms with Gasteiger partial charge in [-0.25, -0.2) is 9.37 Å². The molecule has 0 aliphatic rings. The van der Waals surface area contributed by atoms with Gasteiger partial charge in [0.2, 0.25) is 0 Å². The van der Waals surface area contributed by atoms with Crippen molar-refractivity contribution in [2.24, 2.45) is 0 Å². The Hall–Kier alpha value is -2.87. The Morgan fingerprint density at radius 1 is 0.897 bits per heavy atom. The predicted octanol–water partition coefficient (Wildman–Crippen LogP) is 5.53. The van der Waals surface area contributed by atoms with E-state index in [4.69, 9.17) is 16.3 Å². The van der Waals surface area contributed by atoms with Crippen LogP contribution in [0.5, 0.6) is 11.8 Å².